The van der Waals surface area contributed by atoms with Gasteiger partial charge >= 0.3 is 0 Å². The molecule has 2 nitrogen and oxygen atoms in total. The van der Waals surface area contributed by atoms with Gasteiger partial charge in [-0.2, -0.15) is 0 Å². The third-order valence-corrected chi connectivity index (χ3v) is 2.28. The fourth-order valence-electron chi connectivity index (χ4n) is 1.15. The van der Waals surface area contributed by atoms with E-state index >= 15 is 0 Å². The standard InChI is InChI=1S/C12H18N2/c1-9(2)12(13)14-8-11-7-5-4-6-10(11)3/h4-7,9H,8H2,1-3H3,(H2,13,14). The average Bonchev–Trinajstić information content (AvgIpc) is 2.16. The normalized spacial score (nSPS) is 12.1. The Morgan fingerprint density at radius 1 is 1.36 bits per heavy atom. The second kappa shape index (κ2) is 4.80. The zero-order valence-corrected chi connectivity index (χ0v) is 9.12. The van der Waals surface area contributed by atoms with Gasteiger partial charge in [0.05, 0.1) is 12.4 Å². The maximum absolute atomic E-state index is 5.76. The highest BCUT2D eigenvalue weighted by Crippen LogP contribution is 2.08. The molecule has 14 heavy (non-hydrogen) atoms. The first-order chi connectivity index (χ1) is 6.61. The molecule has 0 amide bonds. The molecular weight excluding hydrogens is 172 g/mol. The number of nitrogens with zero attached hydrogens (tertiary/aromatic N) is 1. The van der Waals surface area contributed by atoms with E-state index in [1.807, 2.05) is 12.1 Å². The fraction of sp³-hybridized carbons (Fsp3) is 0.417. The Hall–Kier alpha value is -1.31. The summed E-state index contributed by atoms with van der Waals surface area (Å²) >= 11 is 0. The molecule has 1 aromatic carbocycles. The van der Waals surface area contributed by atoms with E-state index in [4.69, 9.17) is 5.73 Å². The lowest BCUT2D eigenvalue weighted by Crippen LogP contribution is -2.18. The molecule has 0 saturated carbocycles. The average molecular weight is 190 g/mol. The smallest absolute Gasteiger partial charge is 0.0966 e. The van der Waals surface area contributed by atoms with E-state index in [9.17, 15) is 0 Å². The molecule has 0 heterocycles. The molecule has 2 N–H and O–H groups in total. The van der Waals surface area contributed by atoms with Crippen molar-refractivity contribution in [3.63, 3.8) is 0 Å². The van der Waals surface area contributed by atoms with Crippen LogP contribution in [0.5, 0.6) is 0 Å². The van der Waals surface area contributed by atoms with Crippen molar-refractivity contribution in [2.24, 2.45) is 16.6 Å². The molecule has 1 aromatic rings. The van der Waals surface area contributed by atoms with Crippen molar-refractivity contribution in [3.8, 4) is 0 Å². The lowest BCUT2D eigenvalue weighted by Gasteiger charge is -2.05. The summed E-state index contributed by atoms with van der Waals surface area (Å²) in [5.74, 6) is 1.06. The molecule has 0 spiro atoms. The van der Waals surface area contributed by atoms with Gasteiger partial charge in [-0.25, -0.2) is 0 Å². The molecule has 76 valence electrons. The van der Waals surface area contributed by atoms with Crippen LogP contribution in [-0.2, 0) is 6.54 Å². The third-order valence-electron chi connectivity index (χ3n) is 2.28. The van der Waals surface area contributed by atoms with Gasteiger partial charge < -0.3 is 5.73 Å². The molecule has 0 fully saturated rings. The Balaban J connectivity index is 2.71. The predicted molar refractivity (Wildman–Crippen MR) is 61.3 cm³/mol. The highest BCUT2D eigenvalue weighted by atomic mass is 14.9. The van der Waals surface area contributed by atoms with Crippen LogP contribution in [0.3, 0.4) is 0 Å². The number of hydrogen-bond acceptors (Lipinski definition) is 1. The molecule has 0 aliphatic rings. The van der Waals surface area contributed by atoms with Gasteiger partial charge in [-0.05, 0) is 18.1 Å². The molecule has 0 radical (unpaired) electrons. The van der Waals surface area contributed by atoms with Crippen molar-refractivity contribution in [1.29, 1.82) is 0 Å². The van der Waals surface area contributed by atoms with Crippen LogP contribution >= 0.6 is 0 Å². The highest BCUT2D eigenvalue weighted by Gasteiger charge is 1.99. The van der Waals surface area contributed by atoms with Crippen LogP contribution in [0, 0.1) is 12.8 Å². The minimum atomic E-state index is 0.332. The minimum absolute atomic E-state index is 0.332. The molecule has 0 aliphatic heterocycles. The number of benzene rings is 1. The van der Waals surface area contributed by atoms with Gasteiger partial charge in [0.1, 0.15) is 0 Å². The van der Waals surface area contributed by atoms with Gasteiger partial charge in [0.25, 0.3) is 0 Å². The number of nitrogens with two attached hydrogens (primary N) is 1. The SMILES string of the molecule is Cc1ccccc1CN=C(N)C(C)C. The minimum Gasteiger partial charge on any atom is -0.387 e. The van der Waals surface area contributed by atoms with E-state index in [1.54, 1.807) is 0 Å². The van der Waals surface area contributed by atoms with Crippen LogP contribution in [0.1, 0.15) is 25.0 Å². The summed E-state index contributed by atoms with van der Waals surface area (Å²) in [5, 5.41) is 0. The van der Waals surface area contributed by atoms with Gasteiger partial charge in [-0.1, -0.05) is 38.1 Å². The topological polar surface area (TPSA) is 38.4 Å². The van der Waals surface area contributed by atoms with Crippen LogP contribution in [0.4, 0.5) is 0 Å². The van der Waals surface area contributed by atoms with E-state index in [2.05, 4.69) is 37.9 Å². The summed E-state index contributed by atoms with van der Waals surface area (Å²) in [4.78, 5) is 4.35. The van der Waals surface area contributed by atoms with Gasteiger partial charge in [-0.15, -0.1) is 0 Å². The Bertz CT molecular complexity index is 327. The van der Waals surface area contributed by atoms with Crippen LogP contribution < -0.4 is 5.73 Å². The summed E-state index contributed by atoms with van der Waals surface area (Å²) < 4.78 is 0. The Labute approximate surface area is 85.9 Å². The zero-order valence-electron chi connectivity index (χ0n) is 9.12. The molecule has 2 heteroatoms. The predicted octanol–water partition coefficient (Wildman–Crippen LogP) is 2.51. The van der Waals surface area contributed by atoms with Crippen molar-refractivity contribution in [2.45, 2.75) is 27.3 Å². The van der Waals surface area contributed by atoms with Gasteiger partial charge in [0.2, 0.25) is 0 Å². The number of amidine groups is 1. The van der Waals surface area contributed by atoms with E-state index in [0.717, 1.165) is 5.84 Å². The van der Waals surface area contributed by atoms with E-state index in [0.29, 0.717) is 12.5 Å². The number of aryl methyl sites for hydroxylation is 1. The molecule has 0 bridgehead atoms. The van der Waals surface area contributed by atoms with Crippen molar-refractivity contribution in [3.05, 3.63) is 35.4 Å². The van der Waals surface area contributed by atoms with E-state index in [-0.39, 0.29) is 0 Å². The molecule has 0 saturated heterocycles. The molecule has 0 aliphatic carbocycles. The van der Waals surface area contributed by atoms with Gasteiger partial charge in [0, 0.05) is 5.92 Å². The quantitative estimate of drug-likeness (QED) is 0.577. The van der Waals surface area contributed by atoms with Crippen molar-refractivity contribution >= 4 is 5.84 Å². The Morgan fingerprint density at radius 3 is 2.57 bits per heavy atom. The first-order valence-corrected chi connectivity index (χ1v) is 4.95. The summed E-state index contributed by atoms with van der Waals surface area (Å²) in [6.07, 6.45) is 0. The van der Waals surface area contributed by atoms with Crippen molar-refractivity contribution in [2.75, 3.05) is 0 Å². The third kappa shape index (κ3) is 2.87. The molecule has 0 unspecified atom stereocenters. The number of aliphatic imine (C=N–C) groups is 1. The van der Waals surface area contributed by atoms with Crippen LogP contribution in [-0.4, -0.2) is 5.84 Å². The lowest BCUT2D eigenvalue weighted by atomic mass is 10.1. The summed E-state index contributed by atoms with van der Waals surface area (Å²) in [5.41, 5.74) is 8.28. The molecule has 0 aromatic heterocycles. The largest absolute Gasteiger partial charge is 0.387 e. The second-order valence-electron chi connectivity index (χ2n) is 3.82. The number of hydrogen-bond donors (Lipinski definition) is 1. The maximum Gasteiger partial charge on any atom is 0.0966 e. The Kier molecular flexibility index (Phi) is 3.69. The van der Waals surface area contributed by atoms with Crippen LogP contribution in [0.15, 0.2) is 29.3 Å². The van der Waals surface area contributed by atoms with E-state index < -0.39 is 0 Å². The second-order valence-corrected chi connectivity index (χ2v) is 3.82. The lowest BCUT2D eigenvalue weighted by molar-refractivity contribution is 0.854. The monoisotopic (exact) mass is 190 g/mol. The van der Waals surface area contributed by atoms with Crippen molar-refractivity contribution in [1.82, 2.24) is 0 Å². The molecule has 1 rings (SSSR count). The van der Waals surface area contributed by atoms with E-state index in [1.165, 1.54) is 11.1 Å². The Morgan fingerprint density at radius 2 is 2.00 bits per heavy atom. The molecular formula is C12H18N2. The van der Waals surface area contributed by atoms with Crippen molar-refractivity contribution < 1.29 is 0 Å². The first kappa shape index (κ1) is 10.8. The summed E-state index contributed by atoms with van der Waals surface area (Å²) in [6.45, 7) is 6.89. The fourth-order valence-corrected chi connectivity index (χ4v) is 1.15. The highest BCUT2D eigenvalue weighted by molar-refractivity contribution is 5.82. The van der Waals surface area contributed by atoms with Gasteiger partial charge in [-0.3, -0.25) is 4.99 Å². The number of rotatable bonds is 3. The summed E-state index contributed by atoms with van der Waals surface area (Å²) in [7, 11) is 0. The van der Waals surface area contributed by atoms with Gasteiger partial charge in [0.15, 0.2) is 0 Å². The first-order valence-electron chi connectivity index (χ1n) is 4.95. The zero-order chi connectivity index (χ0) is 10.6. The van der Waals surface area contributed by atoms with Crippen LogP contribution in [0.2, 0.25) is 0 Å². The maximum atomic E-state index is 5.76. The van der Waals surface area contributed by atoms with Crippen LogP contribution in [0.25, 0.3) is 0 Å². The molecule has 0 atom stereocenters. The summed E-state index contributed by atoms with van der Waals surface area (Å²) in [6, 6.07) is 8.25.